The van der Waals surface area contributed by atoms with Crippen LogP contribution in [0.1, 0.15) is 25.7 Å². The number of rotatable bonds is 2. The van der Waals surface area contributed by atoms with Crippen LogP contribution in [0.2, 0.25) is 0 Å². The SMILES string of the molecule is COC1CCC(=C(F)C(=O)O)CC1. The second-order valence-electron chi connectivity index (χ2n) is 3.16. The number of allylic oxidation sites excluding steroid dienone is 1. The van der Waals surface area contributed by atoms with E-state index < -0.39 is 11.8 Å². The zero-order chi connectivity index (χ0) is 9.84. The number of hydrogen-bond acceptors (Lipinski definition) is 2. The van der Waals surface area contributed by atoms with Gasteiger partial charge in [0.05, 0.1) is 6.10 Å². The second kappa shape index (κ2) is 4.37. The van der Waals surface area contributed by atoms with E-state index >= 15 is 0 Å². The van der Waals surface area contributed by atoms with Gasteiger partial charge in [0.1, 0.15) is 0 Å². The van der Waals surface area contributed by atoms with E-state index in [2.05, 4.69) is 0 Å². The Balaban J connectivity index is 2.58. The number of aliphatic carboxylic acids is 1. The van der Waals surface area contributed by atoms with Crippen molar-refractivity contribution in [3.05, 3.63) is 11.4 Å². The van der Waals surface area contributed by atoms with Crippen LogP contribution in [0, 0.1) is 0 Å². The van der Waals surface area contributed by atoms with Gasteiger partial charge in [0.25, 0.3) is 0 Å². The molecule has 0 bridgehead atoms. The third kappa shape index (κ3) is 2.52. The van der Waals surface area contributed by atoms with Crippen LogP contribution in [-0.2, 0) is 9.53 Å². The largest absolute Gasteiger partial charge is 0.476 e. The third-order valence-corrected chi connectivity index (χ3v) is 2.37. The molecule has 0 radical (unpaired) electrons. The minimum atomic E-state index is -1.45. The summed E-state index contributed by atoms with van der Waals surface area (Å²) in [5, 5.41) is 8.39. The van der Waals surface area contributed by atoms with E-state index in [4.69, 9.17) is 9.84 Å². The fraction of sp³-hybridized carbons (Fsp3) is 0.667. The van der Waals surface area contributed by atoms with Crippen molar-refractivity contribution in [3.8, 4) is 0 Å². The van der Waals surface area contributed by atoms with E-state index in [1.54, 1.807) is 7.11 Å². The first kappa shape index (κ1) is 10.2. The highest BCUT2D eigenvalue weighted by atomic mass is 19.1. The Morgan fingerprint density at radius 1 is 1.54 bits per heavy atom. The smallest absolute Gasteiger partial charge is 0.364 e. The van der Waals surface area contributed by atoms with Gasteiger partial charge in [-0.1, -0.05) is 0 Å². The molecule has 0 spiro atoms. The molecule has 1 rings (SSSR count). The van der Waals surface area contributed by atoms with Crippen molar-refractivity contribution in [1.82, 2.24) is 0 Å². The minimum Gasteiger partial charge on any atom is -0.476 e. The van der Waals surface area contributed by atoms with Crippen LogP contribution in [0.3, 0.4) is 0 Å². The number of carboxylic acid groups (broad SMARTS) is 1. The van der Waals surface area contributed by atoms with Gasteiger partial charge in [0, 0.05) is 7.11 Å². The molecule has 0 aromatic carbocycles. The van der Waals surface area contributed by atoms with E-state index in [1.165, 1.54) is 0 Å². The summed E-state index contributed by atoms with van der Waals surface area (Å²) in [6.07, 6.45) is 2.58. The second-order valence-corrected chi connectivity index (χ2v) is 3.16. The summed E-state index contributed by atoms with van der Waals surface area (Å²) in [5.74, 6) is -2.43. The summed E-state index contributed by atoms with van der Waals surface area (Å²) in [7, 11) is 1.62. The number of carbonyl (C=O) groups is 1. The maximum absolute atomic E-state index is 12.9. The molecule has 0 aliphatic heterocycles. The first-order chi connectivity index (χ1) is 6.15. The summed E-state index contributed by atoms with van der Waals surface area (Å²) in [6, 6.07) is 0. The summed E-state index contributed by atoms with van der Waals surface area (Å²) >= 11 is 0. The van der Waals surface area contributed by atoms with Gasteiger partial charge in [0.2, 0.25) is 5.83 Å². The van der Waals surface area contributed by atoms with Crippen LogP contribution >= 0.6 is 0 Å². The highest BCUT2D eigenvalue weighted by Gasteiger charge is 2.21. The van der Waals surface area contributed by atoms with Crippen LogP contribution < -0.4 is 0 Å². The van der Waals surface area contributed by atoms with E-state index in [-0.39, 0.29) is 6.10 Å². The highest BCUT2D eigenvalue weighted by Crippen LogP contribution is 2.28. The molecule has 1 fully saturated rings. The Morgan fingerprint density at radius 2 is 2.08 bits per heavy atom. The van der Waals surface area contributed by atoms with Crippen LogP contribution in [-0.4, -0.2) is 24.3 Å². The van der Waals surface area contributed by atoms with Crippen molar-refractivity contribution in [3.63, 3.8) is 0 Å². The molecule has 74 valence electrons. The van der Waals surface area contributed by atoms with Crippen molar-refractivity contribution in [1.29, 1.82) is 0 Å². The maximum Gasteiger partial charge on any atom is 0.364 e. The average Bonchev–Trinajstić information content (AvgIpc) is 2.17. The monoisotopic (exact) mass is 188 g/mol. The summed E-state index contributed by atoms with van der Waals surface area (Å²) < 4.78 is 18.0. The van der Waals surface area contributed by atoms with Gasteiger partial charge in [-0.2, -0.15) is 4.39 Å². The third-order valence-electron chi connectivity index (χ3n) is 2.37. The average molecular weight is 188 g/mol. The normalized spacial score (nSPS) is 22.9. The van der Waals surface area contributed by atoms with Crippen LogP contribution in [0.15, 0.2) is 11.4 Å². The molecule has 0 aromatic heterocycles. The number of halogens is 1. The maximum atomic E-state index is 12.9. The molecular formula is C9H13FO3. The van der Waals surface area contributed by atoms with Crippen molar-refractivity contribution in [2.24, 2.45) is 0 Å². The molecule has 1 N–H and O–H groups in total. The molecule has 3 nitrogen and oxygen atoms in total. The minimum absolute atomic E-state index is 0.158. The molecule has 1 aliphatic rings. The van der Waals surface area contributed by atoms with Gasteiger partial charge < -0.3 is 9.84 Å². The Bertz CT molecular complexity index is 225. The van der Waals surface area contributed by atoms with Crippen molar-refractivity contribution >= 4 is 5.97 Å². The van der Waals surface area contributed by atoms with Gasteiger partial charge in [-0.3, -0.25) is 0 Å². The lowest BCUT2D eigenvalue weighted by molar-refractivity contribution is -0.134. The molecule has 0 heterocycles. The van der Waals surface area contributed by atoms with Gasteiger partial charge in [-0.15, -0.1) is 0 Å². The van der Waals surface area contributed by atoms with E-state index in [0.717, 1.165) is 0 Å². The van der Waals surface area contributed by atoms with Gasteiger partial charge in [0.15, 0.2) is 0 Å². The zero-order valence-electron chi connectivity index (χ0n) is 7.55. The van der Waals surface area contributed by atoms with E-state index in [0.29, 0.717) is 31.3 Å². The molecular weight excluding hydrogens is 175 g/mol. The van der Waals surface area contributed by atoms with Crippen molar-refractivity contribution in [2.45, 2.75) is 31.8 Å². The zero-order valence-corrected chi connectivity index (χ0v) is 7.55. The fourth-order valence-electron chi connectivity index (χ4n) is 1.55. The summed E-state index contributed by atoms with van der Waals surface area (Å²) in [6.45, 7) is 0. The van der Waals surface area contributed by atoms with Crippen molar-refractivity contribution in [2.75, 3.05) is 7.11 Å². The quantitative estimate of drug-likeness (QED) is 0.673. The topological polar surface area (TPSA) is 46.5 Å². The first-order valence-electron chi connectivity index (χ1n) is 4.28. The molecule has 0 unspecified atom stereocenters. The fourth-order valence-corrected chi connectivity index (χ4v) is 1.55. The van der Waals surface area contributed by atoms with E-state index in [1.807, 2.05) is 0 Å². The Morgan fingerprint density at radius 3 is 2.46 bits per heavy atom. The predicted octanol–water partition coefficient (Wildman–Crippen LogP) is 1.88. The van der Waals surface area contributed by atoms with Crippen LogP contribution in [0.4, 0.5) is 4.39 Å². The standard InChI is InChI=1S/C9H13FO3/c1-13-7-4-2-6(3-5-7)8(10)9(11)12/h7H,2-5H2,1H3,(H,11,12). The Kier molecular flexibility index (Phi) is 3.42. The summed E-state index contributed by atoms with van der Waals surface area (Å²) in [5.41, 5.74) is 0.417. The predicted molar refractivity (Wildman–Crippen MR) is 45.0 cm³/mol. The molecule has 0 saturated heterocycles. The molecule has 0 aromatic rings. The van der Waals surface area contributed by atoms with Gasteiger partial charge >= 0.3 is 5.97 Å². The van der Waals surface area contributed by atoms with Gasteiger partial charge in [-0.25, -0.2) is 4.79 Å². The van der Waals surface area contributed by atoms with Crippen molar-refractivity contribution < 1.29 is 19.0 Å². The molecule has 0 atom stereocenters. The number of methoxy groups -OCH3 is 1. The Labute approximate surface area is 76.2 Å². The lowest BCUT2D eigenvalue weighted by atomic mass is 9.92. The van der Waals surface area contributed by atoms with Crippen LogP contribution in [0.5, 0.6) is 0 Å². The van der Waals surface area contributed by atoms with Gasteiger partial charge in [-0.05, 0) is 31.3 Å². The van der Waals surface area contributed by atoms with E-state index in [9.17, 15) is 9.18 Å². The number of hydrogen-bond donors (Lipinski definition) is 1. The highest BCUT2D eigenvalue weighted by molar-refractivity contribution is 5.84. The number of ether oxygens (including phenoxy) is 1. The Hall–Kier alpha value is -0.900. The molecule has 1 saturated carbocycles. The van der Waals surface area contributed by atoms with Crippen LogP contribution in [0.25, 0.3) is 0 Å². The lowest BCUT2D eigenvalue weighted by Gasteiger charge is -2.22. The molecule has 13 heavy (non-hydrogen) atoms. The lowest BCUT2D eigenvalue weighted by Crippen LogP contribution is -2.17. The molecule has 1 aliphatic carbocycles. The number of carboxylic acids is 1. The molecule has 0 amide bonds. The molecule has 4 heteroatoms. The first-order valence-corrected chi connectivity index (χ1v) is 4.28. The summed E-state index contributed by atoms with van der Waals surface area (Å²) in [4.78, 5) is 10.3.